The second kappa shape index (κ2) is 5.86. The van der Waals surface area contributed by atoms with Gasteiger partial charge < -0.3 is 10.2 Å². The van der Waals surface area contributed by atoms with Crippen molar-refractivity contribution in [3.63, 3.8) is 0 Å². The van der Waals surface area contributed by atoms with Gasteiger partial charge in [-0.05, 0) is 36.8 Å². The highest BCUT2D eigenvalue weighted by Crippen LogP contribution is 2.26. The highest BCUT2D eigenvalue weighted by molar-refractivity contribution is 5.65. The van der Waals surface area contributed by atoms with Crippen molar-refractivity contribution in [2.75, 3.05) is 24.3 Å². The molecule has 0 saturated carbocycles. The number of hydrogen-bond donors (Lipinski definition) is 1. The number of aromatic nitrogens is 1. The molecule has 0 bridgehead atoms. The Kier molecular flexibility index (Phi) is 4.17. The van der Waals surface area contributed by atoms with Gasteiger partial charge >= 0.3 is 0 Å². The van der Waals surface area contributed by atoms with Crippen molar-refractivity contribution in [1.29, 1.82) is 0 Å². The molecule has 1 aromatic carbocycles. The maximum atomic E-state index is 13.2. The summed E-state index contributed by atoms with van der Waals surface area (Å²) < 4.78 is 26.5. The monoisotopic (exact) mass is 277 g/mol. The smallest absolute Gasteiger partial charge is 0.151 e. The van der Waals surface area contributed by atoms with Gasteiger partial charge in [0.05, 0.1) is 5.69 Å². The van der Waals surface area contributed by atoms with Crippen LogP contribution in [0, 0.1) is 11.6 Å². The van der Waals surface area contributed by atoms with Gasteiger partial charge in [0.2, 0.25) is 0 Å². The largest absolute Gasteiger partial charge is 0.376 e. The second-order valence-electron chi connectivity index (χ2n) is 4.84. The Labute approximate surface area is 117 Å². The maximum absolute atomic E-state index is 13.2. The van der Waals surface area contributed by atoms with Gasteiger partial charge in [0.15, 0.2) is 5.82 Å². The van der Waals surface area contributed by atoms with Gasteiger partial charge in [-0.1, -0.05) is 0 Å². The molecule has 0 radical (unpaired) electrons. The second-order valence-corrected chi connectivity index (χ2v) is 4.84. The average molecular weight is 277 g/mol. The molecule has 1 atom stereocenters. The lowest BCUT2D eigenvalue weighted by Gasteiger charge is -2.21. The molecule has 0 spiro atoms. The van der Waals surface area contributed by atoms with Crippen LogP contribution in [0.2, 0.25) is 0 Å². The van der Waals surface area contributed by atoms with E-state index in [1.54, 1.807) is 6.20 Å². The summed E-state index contributed by atoms with van der Waals surface area (Å²) in [6.07, 6.45) is 1.70. The molecule has 2 rings (SSSR count). The van der Waals surface area contributed by atoms with E-state index in [2.05, 4.69) is 10.3 Å². The van der Waals surface area contributed by atoms with E-state index in [4.69, 9.17) is 0 Å². The Morgan fingerprint density at radius 1 is 1.15 bits per heavy atom. The molecular formula is C15H17F2N3. The Morgan fingerprint density at radius 2 is 1.80 bits per heavy atom. The third-order valence-corrected chi connectivity index (χ3v) is 2.97. The third kappa shape index (κ3) is 3.23. The van der Waals surface area contributed by atoms with E-state index in [9.17, 15) is 8.78 Å². The van der Waals surface area contributed by atoms with Crippen molar-refractivity contribution in [3.05, 3.63) is 53.7 Å². The number of nitrogens with one attached hydrogen (secondary N) is 1. The number of anilines is 2. The molecule has 3 nitrogen and oxygen atoms in total. The molecule has 106 valence electrons. The first kappa shape index (κ1) is 14.2. The van der Waals surface area contributed by atoms with E-state index < -0.39 is 11.6 Å². The summed E-state index contributed by atoms with van der Waals surface area (Å²) in [4.78, 5) is 6.15. The summed E-state index contributed by atoms with van der Waals surface area (Å²) in [6, 6.07) is 6.98. The number of benzene rings is 1. The Morgan fingerprint density at radius 3 is 2.40 bits per heavy atom. The standard InChI is InChI=1S/C15H17F2N3/c1-10(11-7-12(16)9-13(17)8-11)19-14-5-4-6-18-15(14)20(2)3/h4-10,19H,1-3H3. The van der Waals surface area contributed by atoms with Crippen molar-refractivity contribution in [2.45, 2.75) is 13.0 Å². The van der Waals surface area contributed by atoms with Crippen LogP contribution in [0.1, 0.15) is 18.5 Å². The first-order chi connectivity index (χ1) is 9.47. The van der Waals surface area contributed by atoms with Gasteiger partial charge in [-0.3, -0.25) is 0 Å². The van der Waals surface area contributed by atoms with Crippen molar-refractivity contribution >= 4 is 11.5 Å². The molecule has 0 fully saturated rings. The van der Waals surface area contributed by atoms with Gasteiger partial charge in [-0.25, -0.2) is 13.8 Å². The van der Waals surface area contributed by atoms with Gasteiger partial charge in [-0.15, -0.1) is 0 Å². The topological polar surface area (TPSA) is 28.2 Å². The van der Waals surface area contributed by atoms with E-state index in [0.29, 0.717) is 5.56 Å². The van der Waals surface area contributed by atoms with E-state index in [-0.39, 0.29) is 6.04 Å². The van der Waals surface area contributed by atoms with Crippen molar-refractivity contribution < 1.29 is 8.78 Å². The lowest BCUT2D eigenvalue weighted by atomic mass is 10.1. The summed E-state index contributed by atoms with van der Waals surface area (Å²) in [6.45, 7) is 1.85. The fourth-order valence-electron chi connectivity index (χ4n) is 2.01. The van der Waals surface area contributed by atoms with Crippen LogP contribution >= 0.6 is 0 Å². The van der Waals surface area contributed by atoms with Crippen molar-refractivity contribution in [3.8, 4) is 0 Å². The molecule has 1 N–H and O–H groups in total. The van der Waals surface area contributed by atoms with E-state index in [0.717, 1.165) is 17.6 Å². The summed E-state index contributed by atoms with van der Waals surface area (Å²) >= 11 is 0. The average Bonchev–Trinajstić information content (AvgIpc) is 2.37. The van der Waals surface area contributed by atoms with Gasteiger partial charge in [-0.2, -0.15) is 0 Å². The van der Waals surface area contributed by atoms with Crippen LogP contribution in [0.3, 0.4) is 0 Å². The minimum absolute atomic E-state index is 0.233. The number of nitrogens with zero attached hydrogens (tertiary/aromatic N) is 2. The van der Waals surface area contributed by atoms with Gasteiger partial charge in [0.25, 0.3) is 0 Å². The van der Waals surface area contributed by atoms with Crippen LogP contribution in [0.5, 0.6) is 0 Å². The van der Waals surface area contributed by atoms with Crippen LogP contribution in [-0.4, -0.2) is 19.1 Å². The predicted octanol–water partition coefficient (Wildman–Crippen LogP) is 3.60. The lowest BCUT2D eigenvalue weighted by molar-refractivity contribution is 0.577. The molecule has 0 amide bonds. The maximum Gasteiger partial charge on any atom is 0.151 e. The lowest BCUT2D eigenvalue weighted by Crippen LogP contribution is -2.15. The molecule has 5 heteroatoms. The normalized spacial score (nSPS) is 12.1. The van der Waals surface area contributed by atoms with Crippen LogP contribution in [0.25, 0.3) is 0 Å². The van der Waals surface area contributed by atoms with Crippen LogP contribution in [-0.2, 0) is 0 Å². The van der Waals surface area contributed by atoms with Crippen LogP contribution < -0.4 is 10.2 Å². The zero-order valence-electron chi connectivity index (χ0n) is 11.7. The highest BCUT2D eigenvalue weighted by atomic mass is 19.1. The first-order valence-corrected chi connectivity index (χ1v) is 6.32. The molecule has 20 heavy (non-hydrogen) atoms. The summed E-state index contributed by atoms with van der Waals surface area (Å²) in [5.74, 6) is -0.378. The summed E-state index contributed by atoms with van der Waals surface area (Å²) in [7, 11) is 3.78. The minimum atomic E-state index is -0.576. The Bertz CT molecular complexity index is 579. The van der Waals surface area contributed by atoms with E-state index in [1.807, 2.05) is 38.1 Å². The number of pyridine rings is 1. The molecule has 0 aliphatic heterocycles. The summed E-state index contributed by atoms with van der Waals surface area (Å²) in [5.41, 5.74) is 1.37. The Balaban J connectivity index is 2.25. The zero-order chi connectivity index (χ0) is 14.7. The number of halogens is 2. The molecule has 0 aliphatic carbocycles. The minimum Gasteiger partial charge on any atom is -0.376 e. The molecule has 2 aromatic rings. The molecule has 0 aliphatic rings. The molecule has 0 saturated heterocycles. The van der Waals surface area contributed by atoms with Crippen LogP contribution in [0.15, 0.2) is 36.5 Å². The Hall–Kier alpha value is -2.17. The number of hydrogen-bond acceptors (Lipinski definition) is 3. The fourth-order valence-corrected chi connectivity index (χ4v) is 2.01. The first-order valence-electron chi connectivity index (χ1n) is 6.32. The third-order valence-electron chi connectivity index (χ3n) is 2.97. The van der Waals surface area contributed by atoms with Crippen molar-refractivity contribution in [2.24, 2.45) is 0 Å². The van der Waals surface area contributed by atoms with Gasteiger partial charge in [0, 0.05) is 32.4 Å². The quantitative estimate of drug-likeness (QED) is 0.925. The molecule has 1 heterocycles. The SMILES string of the molecule is CC(Nc1cccnc1N(C)C)c1cc(F)cc(F)c1. The molecular weight excluding hydrogens is 260 g/mol. The zero-order valence-corrected chi connectivity index (χ0v) is 11.7. The fraction of sp³-hybridized carbons (Fsp3) is 0.267. The van der Waals surface area contributed by atoms with Crippen molar-refractivity contribution in [1.82, 2.24) is 4.98 Å². The molecule has 1 aromatic heterocycles. The van der Waals surface area contributed by atoms with E-state index in [1.165, 1.54) is 12.1 Å². The van der Waals surface area contributed by atoms with Gasteiger partial charge in [0.1, 0.15) is 11.6 Å². The predicted molar refractivity (Wildman–Crippen MR) is 77.0 cm³/mol. The van der Waals surface area contributed by atoms with Crippen LogP contribution in [0.4, 0.5) is 20.3 Å². The number of rotatable bonds is 4. The summed E-state index contributed by atoms with van der Waals surface area (Å²) in [5, 5.41) is 3.23. The highest BCUT2D eigenvalue weighted by Gasteiger charge is 2.12. The van der Waals surface area contributed by atoms with E-state index >= 15 is 0 Å². The molecule has 1 unspecified atom stereocenters.